The molecule has 5 rings (SSSR count). The summed E-state index contributed by atoms with van der Waals surface area (Å²) in [6, 6.07) is 16.3. The van der Waals surface area contributed by atoms with Gasteiger partial charge in [-0.2, -0.15) is 0 Å². The highest BCUT2D eigenvalue weighted by Gasteiger charge is 2.19. The van der Waals surface area contributed by atoms with Crippen LogP contribution in [-0.2, 0) is 11.3 Å². The number of aromatic nitrogens is 1. The maximum Gasteiger partial charge on any atom is 0.262 e. The largest absolute Gasteiger partial charge is 0.493 e. The van der Waals surface area contributed by atoms with Crippen LogP contribution in [0.15, 0.2) is 48.5 Å². The van der Waals surface area contributed by atoms with Crippen molar-refractivity contribution >= 4 is 22.5 Å². The number of amides is 1. The van der Waals surface area contributed by atoms with E-state index in [2.05, 4.69) is 32.2 Å². The van der Waals surface area contributed by atoms with Crippen LogP contribution in [0.4, 0.5) is 5.69 Å². The highest BCUT2D eigenvalue weighted by molar-refractivity contribution is 5.95. The average molecular weight is 447 g/mol. The number of carbonyl (C=O) groups is 1. The van der Waals surface area contributed by atoms with E-state index in [9.17, 15) is 4.79 Å². The molecule has 3 aromatic rings. The number of pyridine rings is 1. The summed E-state index contributed by atoms with van der Waals surface area (Å²) in [6.45, 7) is 8.92. The minimum Gasteiger partial charge on any atom is -0.493 e. The molecular formula is C26H30N4O3. The van der Waals surface area contributed by atoms with E-state index in [4.69, 9.17) is 9.47 Å². The lowest BCUT2D eigenvalue weighted by Gasteiger charge is -2.34. The summed E-state index contributed by atoms with van der Waals surface area (Å²) in [5, 5.41) is 3.97. The molecule has 1 aromatic heterocycles. The van der Waals surface area contributed by atoms with Crippen molar-refractivity contribution in [2.75, 3.05) is 51.3 Å². The zero-order chi connectivity index (χ0) is 22.6. The van der Waals surface area contributed by atoms with Gasteiger partial charge in [-0.15, -0.1) is 0 Å². The molecule has 7 heteroatoms. The lowest BCUT2D eigenvalue weighted by Crippen LogP contribution is -2.46. The number of benzene rings is 2. The van der Waals surface area contributed by atoms with Gasteiger partial charge < -0.3 is 19.7 Å². The quantitative estimate of drug-likeness (QED) is 0.561. The number of hydrogen-bond acceptors (Lipinski definition) is 6. The first kappa shape index (κ1) is 21.7. The first-order valence-electron chi connectivity index (χ1n) is 11.6. The Morgan fingerprint density at radius 1 is 1.06 bits per heavy atom. The molecule has 0 bridgehead atoms. The number of nitrogens with zero attached hydrogens (tertiary/aromatic N) is 3. The van der Waals surface area contributed by atoms with Crippen LogP contribution in [0.3, 0.4) is 0 Å². The SMILES string of the molecule is Cc1ccc2c(OCCCN3CCN(Cc4ccc5c(c4)NC(=O)CO5)CC3)cccc2n1. The summed E-state index contributed by atoms with van der Waals surface area (Å²) in [6.07, 6.45) is 1.00. The second-order valence-electron chi connectivity index (χ2n) is 8.76. The van der Waals surface area contributed by atoms with Crippen LogP contribution >= 0.6 is 0 Å². The van der Waals surface area contributed by atoms with Gasteiger partial charge in [-0.25, -0.2) is 0 Å². The molecule has 3 heterocycles. The van der Waals surface area contributed by atoms with Gasteiger partial charge >= 0.3 is 0 Å². The Morgan fingerprint density at radius 2 is 1.91 bits per heavy atom. The summed E-state index contributed by atoms with van der Waals surface area (Å²) in [5.41, 5.74) is 3.98. The van der Waals surface area contributed by atoms with Gasteiger partial charge in [0.2, 0.25) is 0 Å². The predicted molar refractivity (Wildman–Crippen MR) is 129 cm³/mol. The molecule has 172 valence electrons. The minimum atomic E-state index is -0.0931. The molecule has 0 aliphatic carbocycles. The number of rotatable bonds is 7. The molecule has 0 saturated carbocycles. The van der Waals surface area contributed by atoms with Crippen molar-refractivity contribution in [1.29, 1.82) is 0 Å². The fourth-order valence-corrected chi connectivity index (χ4v) is 4.48. The van der Waals surface area contributed by atoms with Crippen molar-refractivity contribution < 1.29 is 14.3 Å². The predicted octanol–water partition coefficient (Wildman–Crippen LogP) is 3.46. The lowest BCUT2D eigenvalue weighted by molar-refractivity contribution is -0.118. The van der Waals surface area contributed by atoms with Crippen LogP contribution in [0.2, 0.25) is 0 Å². The third kappa shape index (κ3) is 5.26. The number of hydrogen-bond donors (Lipinski definition) is 1. The van der Waals surface area contributed by atoms with Crippen molar-refractivity contribution in [2.45, 2.75) is 19.9 Å². The van der Waals surface area contributed by atoms with E-state index < -0.39 is 0 Å². The molecule has 1 saturated heterocycles. The number of carbonyl (C=O) groups excluding carboxylic acids is 1. The van der Waals surface area contributed by atoms with Gasteiger partial charge in [0.05, 0.1) is 17.8 Å². The van der Waals surface area contributed by atoms with Crippen molar-refractivity contribution in [3.05, 3.63) is 59.8 Å². The van der Waals surface area contributed by atoms with Gasteiger partial charge in [-0.1, -0.05) is 12.1 Å². The topological polar surface area (TPSA) is 66.9 Å². The van der Waals surface area contributed by atoms with E-state index in [1.165, 1.54) is 5.56 Å². The first-order valence-corrected chi connectivity index (χ1v) is 11.6. The summed E-state index contributed by atoms with van der Waals surface area (Å²) < 4.78 is 11.5. The van der Waals surface area contributed by atoms with Gasteiger partial charge in [0.15, 0.2) is 6.61 Å². The van der Waals surface area contributed by atoms with E-state index in [1.807, 2.05) is 43.3 Å². The Kier molecular flexibility index (Phi) is 6.41. The molecular weight excluding hydrogens is 416 g/mol. The number of anilines is 1. The summed E-state index contributed by atoms with van der Waals surface area (Å²) >= 11 is 0. The van der Waals surface area contributed by atoms with E-state index in [0.717, 1.165) is 79.5 Å². The van der Waals surface area contributed by atoms with Crippen LogP contribution in [0, 0.1) is 6.92 Å². The number of aryl methyl sites for hydroxylation is 1. The van der Waals surface area contributed by atoms with Gasteiger partial charge in [0, 0.05) is 50.3 Å². The van der Waals surface area contributed by atoms with Crippen LogP contribution < -0.4 is 14.8 Å². The highest BCUT2D eigenvalue weighted by Crippen LogP contribution is 2.29. The van der Waals surface area contributed by atoms with Crippen molar-refractivity contribution in [3.8, 4) is 11.5 Å². The Morgan fingerprint density at radius 3 is 2.79 bits per heavy atom. The van der Waals surface area contributed by atoms with Crippen molar-refractivity contribution in [2.24, 2.45) is 0 Å². The molecule has 0 unspecified atom stereocenters. The second kappa shape index (κ2) is 9.77. The van der Waals surface area contributed by atoms with Crippen LogP contribution in [-0.4, -0.2) is 66.6 Å². The number of fused-ring (bicyclic) bond motifs is 2. The lowest BCUT2D eigenvalue weighted by atomic mass is 10.1. The zero-order valence-corrected chi connectivity index (χ0v) is 19.0. The third-order valence-corrected chi connectivity index (χ3v) is 6.26. The van der Waals surface area contributed by atoms with E-state index in [-0.39, 0.29) is 12.5 Å². The molecule has 0 atom stereocenters. The Hall–Kier alpha value is -3.16. The minimum absolute atomic E-state index is 0.0931. The first-order chi connectivity index (χ1) is 16.1. The molecule has 0 spiro atoms. The third-order valence-electron chi connectivity index (χ3n) is 6.26. The fourth-order valence-electron chi connectivity index (χ4n) is 4.48. The smallest absolute Gasteiger partial charge is 0.262 e. The normalized spacial score (nSPS) is 16.8. The van der Waals surface area contributed by atoms with Crippen LogP contribution in [0.25, 0.3) is 10.9 Å². The van der Waals surface area contributed by atoms with Crippen LogP contribution in [0.1, 0.15) is 17.7 Å². The number of nitrogens with one attached hydrogen (secondary N) is 1. The van der Waals surface area contributed by atoms with Crippen molar-refractivity contribution in [1.82, 2.24) is 14.8 Å². The molecule has 0 radical (unpaired) electrons. The molecule has 1 fully saturated rings. The van der Waals surface area contributed by atoms with E-state index >= 15 is 0 Å². The van der Waals surface area contributed by atoms with Gasteiger partial charge in [-0.05, 0) is 55.3 Å². The molecule has 7 nitrogen and oxygen atoms in total. The van der Waals surface area contributed by atoms with Gasteiger partial charge in [0.25, 0.3) is 5.91 Å². The number of piperazine rings is 1. The molecule has 2 aromatic carbocycles. The highest BCUT2D eigenvalue weighted by atomic mass is 16.5. The molecule has 2 aliphatic rings. The average Bonchev–Trinajstić information content (AvgIpc) is 2.82. The van der Waals surface area contributed by atoms with Crippen LogP contribution in [0.5, 0.6) is 11.5 Å². The second-order valence-corrected chi connectivity index (χ2v) is 8.76. The molecule has 1 amide bonds. The van der Waals surface area contributed by atoms with Crippen molar-refractivity contribution in [3.63, 3.8) is 0 Å². The summed E-state index contributed by atoms with van der Waals surface area (Å²) in [5.74, 6) is 1.57. The molecule has 2 aliphatic heterocycles. The Bertz CT molecular complexity index is 1140. The van der Waals surface area contributed by atoms with E-state index in [1.54, 1.807) is 0 Å². The molecule has 33 heavy (non-hydrogen) atoms. The molecule has 1 N–H and O–H groups in total. The van der Waals surface area contributed by atoms with Gasteiger partial charge in [-0.3, -0.25) is 14.7 Å². The Labute approximate surface area is 194 Å². The van der Waals surface area contributed by atoms with E-state index in [0.29, 0.717) is 6.61 Å². The fraction of sp³-hybridized carbons (Fsp3) is 0.385. The summed E-state index contributed by atoms with van der Waals surface area (Å²) in [4.78, 5) is 21.1. The zero-order valence-electron chi connectivity index (χ0n) is 19.0. The standard InChI is InChI=1S/C26H30N4O3/c1-19-6-8-21-22(27-19)4-2-5-24(21)32-15-3-10-29-11-13-30(14-12-29)17-20-7-9-25-23(16-20)28-26(31)18-33-25/h2,4-9,16H,3,10-15,17-18H2,1H3,(H,28,31). The maximum absolute atomic E-state index is 11.6. The van der Waals surface area contributed by atoms with Gasteiger partial charge in [0.1, 0.15) is 11.5 Å². The summed E-state index contributed by atoms with van der Waals surface area (Å²) in [7, 11) is 0. The Balaban J connectivity index is 1.05. The maximum atomic E-state index is 11.6. The monoisotopic (exact) mass is 446 g/mol. The number of ether oxygens (including phenoxy) is 2.